The molecule has 2 unspecified atom stereocenters. The molecule has 726 valence electrons. The number of Topliss-reactive ketones (excluding diaryl/α,β-unsaturated/α-hetero) is 5. The van der Waals surface area contributed by atoms with Crippen molar-refractivity contribution >= 4 is 52.7 Å². The van der Waals surface area contributed by atoms with Gasteiger partial charge in [0, 0.05) is 67.4 Å². The van der Waals surface area contributed by atoms with E-state index in [2.05, 4.69) is 0 Å². The van der Waals surface area contributed by atoms with E-state index in [0.29, 0.717) is 112 Å². The summed E-state index contributed by atoms with van der Waals surface area (Å²) in [6, 6.07) is 5.16. The number of carbonyl (C=O) groups is 9. The normalized spacial score (nSPS) is 40.3. The number of allylic oxidation sites excluding steroid dienone is 7. The quantitative estimate of drug-likeness (QED) is 0.0769. The summed E-state index contributed by atoms with van der Waals surface area (Å²) < 4.78 is 29.2. The topological polar surface area (TPSA) is 388 Å². The third-order valence-corrected chi connectivity index (χ3v) is 31.2. The zero-order valence-electron chi connectivity index (χ0n) is 80.1. The van der Waals surface area contributed by atoms with E-state index in [9.17, 15) is 88.5 Å². The Morgan fingerprint density at radius 1 is 0.531 bits per heavy atom. The van der Waals surface area contributed by atoms with Gasteiger partial charge in [0.1, 0.15) is 41.6 Å². The molecule has 32 atom stereocenters. The van der Waals surface area contributed by atoms with E-state index in [-0.39, 0.29) is 129 Å². The third kappa shape index (κ3) is 24.2. The molecule has 27 heteroatoms. The number of hydrogen-bond acceptors (Lipinski definition) is 22. The Kier molecular flexibility index (Phi) is 37.3. The molecule has 2 amide bonds. The van der Waals surface area contributed by atoms with Crippen molar-refractivity contribution in [2.45, 2.75) is 371 Å². The average molecular weight is 1820 g/mol. The lowest BCUT2D eigenvalue weighted by atomic mass is 9.75. The standard InChI is InChI=1S/C59H84N4O12.C43H69NO10.CH4/c1-33-30-45-21-23-47(63-58(72)61(57(71)62(45)63)44-16-12-11-13-17-44)35(3)26-39(7)52(66)42(10)53(67)40(8)27-36(4)50(65)32-51(38(6)29-43-20-24-49(64)37(5)28-43)74-56(70)48-18-14-15-25-60(48)55(69)54(68)59(73)41(9)19-22-46(75-59)31-34(33)2;1-10-32-21-25(4)37(48)24(3)17-26(5)38-27(6)18-29(8)43(52,54-38)40(49)41(50)44-16-12-11-13-33(44)42(51)53-39(30(9)35(46)22-36(32)47)28(7)20-31-14-15-34(45)23(2)19-31;/h11-13,16-17,21,23,27,30,34-39,41-43,45-49,51,53,64,67,73H,14-15,18-20,22,24-26,28-29,31-32H2,1-10H3;20-21,23-24,26-27,29-35,37-39,45-46,48,52H,10-19,22H2,1-9H3;1H4/b33-30+,40-27+;25-21+,28-20+;/t34-,35-,36+,37+,38+,39+,41+,42-,43+,45?,46-,47?,48-,49+,51-,53+,59+;23-,24-,26+,27+,29-,30-,31-,32-,33+,34-,35+,37+,38-,39-,43-;/m01./s1. The van der Waals surface area contributed by atoms with Gasteiger partial charge in [-0.1, -0.05) is 172 Å². The van der Waals surface area contributed by atoms with Gasteiger partial charge in [0.25, 0.3) is 23.4 Å². The predicted molar refractivity (Wildman–Crippen MR) is 495 cm³/mol. The maximum Gasteiger partial charge on any atom is 0.352 e. The molecule has 9 heterocycles. The van der Waals surface area contributed by atoms with Crippen molar-refractivity contribution in [3.63, 3.8) is 0 Å². The number of nitrogens with zero attached hydrogens (tertiary/aromatic N) is 5. The van der Waals surface area contributed by atoms with Crippen molar-refractivity contribution in [2.24, 2.45) is 101 Å². The van der Waals surface area contributed by atoms with Gasteiger partial charge in [-0.2, -0.15) is 0 Å². The molecule has 10 aliphatic rings. The number of para-hydroxylation sites is 1. The van der Waals surface area contributed by atoms with Gasteiger partial charge in [-0.25, -0.2) is 33.1 Å². The first kappa shape index (κ1) is 106. The molecule has 130 heavy (non-hydrogen) atoms. The molecule has 0 spiro atoms. The van der Waals surface area contributed by atoms with Gasteiger partial charge in [0.2, 0.25) is 11.6 Å². The van der Waals surface area contributed by atoms with Crippen LogP contribution < -0.4 is 11.4 Å². The fraction of sp³-hybridized carbons (Fsp3) is 0.738. The number of amides is 2. The highest BCUT2D eigenvalue weighted by atomic mass is 16.6. The van der Waals surface area contributed by atoms with Gasteiger partial charge in [-0.15, -0.1) is 0 Å². The largest absolute Gasteiger partial charge is 0.460 e. The Morgan fingerprint density at radius 2 is 1.10 bits per heavy atom. The molecular weight excluding hydrogens is 1660 g/mol. The van der Waals surface area contributed by atoms with Gasteiger partial charge >= 0.3 is 23.3 Å². The lowest BCUT2D eigenvalue weighted by Gasteiger charge is -2.46. The number of ether oxygens (including phenoxy) is 4. The minimum Gasteiger partial charge on any atom is -0.460 e. The number of esters is 2. The van der Waals surface area contributed by atoms with Crippen LogP contribution in [0, 0.1) is 101 Å². The highest BCUT2D eigenvalue weighted by molar-refractivity contribution is 6.39. The van der Waals surface area contributed by atoms with E-state index in [1.165, 1.54) is 19.2 Å². The van der Waals surface area contributed by atoms with E-state index >= 15 is 0 Å². The first-order valence-electron chi connectivity index (χ1n) is 48.6. The molecule has 2 saturated carbocycles. The van der Waals surface area contributed by atoms with Crippen molar-refractivity contribution in [3.8, 4) is 5.69 Å². The molecule has 7 N–H and O–H groups in total. The maximum atomic E-state index is 14.5. The third-order valence-electron chi connectivity index (χ3n) is 31.2. The second kappa shape index (κ2) is 45.7. The Balaban J connectivity index is 0.000000307. The Labute approximate surface area is 770 Å². The summed E-state index contributed by atoms with van der Waals surface area (Å²) in [5.41, 5.74) is 1.96. The van der Waals surface area contributed by atoms with E-state index in [1.54, 1.807) is 97.9 Å². The average Bonchev–Trinajstić information content (AvgIpc) is 1.62. The molecular formula is C103H157N5O22. The molecule has 1 aromatic carbocycles. The minimum absolute atomic E-state index is 0. The van der Waals surface area contributed by atoms with Crippen LogP contribution >= 0.6 is 0 Å². The number of aliphatic hydroxyl groups is 7. The number of cyclic esters (lactones) is 1. The number of rotatable bonds is 7. The van der Waals surface area contributed by atoms with Crippen molar-refractivity contribution < 1.29 is 97.8 Å². The molecule has 8 aliphatic heterocycles. The van der Waals surface area contributed by atoms with Crippen molar-refractivity contribution in [3.05, 3.63) is 110 Å². The number of carbonyl (C=O) groups excluding carboxylic acids is 9. The summed E-state index contributed by atoms with van der Waals surface area (Å²) in [6.07, 6.45) is 14.4. The molecule has 4 saturated heterocycles. The van der Waals surface area contributed by atoms with Crippen LogP contribution in [0.5, 0.6) is 0 Å². The number of benzene rings is 1. The number of ketones is 5. The van der Waals surface area contributed by atoms with Crippen LogP contribution in [0.3, 0.4) is 0 Å². The van der Waals surface area contributed by atoms with Crippen LogP contribution in [0.2, 0.25) is 0 Å². The summed E-state index contributed by atoms with van der Waals surface area (Å²) in [6.45, 7) is 35.3. The molecule has 27 nitrogen and oxygen atoms in total. The molecule has 12 rings (SSSR count). The summed E-state index contributed by atoms with van der Waals surface area (Å²) in [5.74, 6) is -17.0. The van der Waals surface area contributed by atoms with Crippen molar-refractivity contribution in [2.75, 3.05) is 13.1 Å². The van der Waals surface area contributed by atoms with Gasteiger partial charge in [0.05, 0.1) is 60.5 Å². The fourth-order valence-corrected chi connectivity index (χ4v) is 22.4. The molecule has 1 aromatic heterocycles. The molecule has 2 aromatic rings. The van der Waals surface area contributed by atoms with Gasteiger partial charge in [-0.05, 0) is 244 Å². The number of hydrogen-bond donors (Lipinski definition) is 7. The van der Waals surface area contributed by atoms with Crippen LogP contribution in [0.4, 0.5) is 0 Å². The van der Waals surface area contributed by atoms with E-state index in [1.807, 2.05) is 100 Å². The zero-order valence-corrected chi connectivity index (χ0v) is 80.1. The monoisotopic (exact) mass is 1820 g/mol. The number of piperidine rings is 2. The van der Waals surface area contributed by atoms with E-state index < -0.39 is 173 Å². The van der Waals surface area contributed by atoms with Gasteiger partial charge in [-0.3, -0.25) is 33.6 Å². The Morgan fingerprint density at radius 3 is 1.70 bits per heavy atom. The minimum atomic E-state index is -2.48. The predicted octanol–water partition coefficient (Wildman–Crippen LogP) is 13.3. The van der Waals surface area contributed by atoms with Crippen LogP contribution in [0.25, 0.3) is 5.69 Å². The summed E-state index contributed by atoms with van der Waals surface area (Å²) in [4.78, 5) is 159. The maximum absolute atomic E-state index is 14.5. The lowest BCUT2D eigenvalue weighted by molar-refractivity contribution is -0.282. The zero-order chi connectivity index (χ0) is 95.0. The summed E-state index contributed by atoms with van der Waals surface area (Å²) >= 11 is 0. The second-order valence-corrected chi connectivity index (χ2v) is 41.4. The Bertz CT molecular complexity index is 4580. The number of aliphatic hydroxyl groups excluding tert-OH is 5. The van der Waals surface area contributed by atoms with Crippen molar-refractivity contribution in [1.29, 1.82) is 0 Å². The van der Waals surface area contributed by atoms with Crippen LogP contribution in [-0.4, -0.2) is 204 Å². The van der Waals surface area contributed by atoms with Crippen LogP contribution in [0.15, 0.2) is 98.7 Å². The lowest BCUT2D eigenvalue weighted by Crippen LogP contribution is -2.62. The van der Waals surface area contributed by atoms with Gasteiger partial charge in [0.15, 0.2) is 0 Å². The fourth-order valence-electron chi connectivity index (χ4n) is 22.4. The van der Waals surface area contributed by atoms with E-state index in [0.717, 1.165) is 35.8 Å². The Hall–Kier alpha value is -7.47. The highest BCUT2D eigenvalue weighted by Gasteiger charge is 2.57. The van der Waals surface area contributed by atoms with Crippen LogP contribution in [0.1, 0.15) is 292 Å². The molecule has 6 fully saturated rings. The molecule has 2 aliphatic carbocycles. The van der Waals surface area contributed by atoms with E-state index in [4.69, 9.17) is 18.9 Å². The first-order valence-corrected chi connectivity index (χ1v) is 48.6. The molecule has 6 bridgehead atoms. The first-order chi connectivity index (χ1) is 60.7. The smallest absolute Gasteiger partial charge is 0.352 e. The summed E-state index contributed by atoms with van der Waals surface area (Å²) in [7, 11) is 0. The SMILES string of the molecule is C.C/C1=C\[C@@H](C)C(=O)C[C@@H]([C@H](C)C[C@@H]2CC[C@@H](O)[C@H](C)C2)OC(=O)[C@@H]2CCCCN2C(=O)C(=O)[C@]2(O)O[C@@H](CC[C@H]2C)C[C@H](C)/C(C)=C/C2C=CC([C@@H](C)C[C@@H](C)C(=O)[C@H](C)[C@@H]1O)n1c(=O)n(-c3ccccc3)c(=O)n12.CC[C@@H]1/C=C(\C)[C@@H](O)[C@H](C)C[C@H](C)[C@H]2O[C@@](O)(C(=O)C(=O)N3CCCC[C@H]3C(=O)O[C@H](/C(C)=C/[C@@H]3CC[C@@H](O)[C@H](C)C3)[C@H](C)[C@@H](O)CC1=O)[C@H](C)C[C@@H]2C. The number of fused-ring (bicyclic) bond motifs is 18. The number of aromatic nitrogens is 3. The van der Waals surface area contributed by atoms with Crippen molar-refractivity contribution in [1.82, 2.24) is 23.7 Å². The molecule has 0 radical (unpaired) electrons. The summed E-state index contributed by atoms with van der Waals surface area (Å²) in [5, 5.41) is 79.6. The highest BCUT2D eigenvalue weighted by Crippen LogP contribution is 2.45. The van der Waals surface area contributed by atoms with Gasteiger partial charge < -0.3 is 64.5 Å². The van der Waals surface area contributed by atoms with Crippen LogP contribution in [-0.2, 0) is 62.1 Å². The second-order valence-electron chi connectivity index (χ2n) is 41.4.